The van der Waals surface area contributed by atoms with E-state index in [1.54, 1.807) is 6.26 Å². The predicted octanol–water partition coefficient (Wildman–Crippen LogP) is 2.84. The molecule has 2 heteroatoms. The molecule has 2 rings (SSSR count). The molecular weight excluding hydrogens is 176 g/mol. The molecule has 0 radical (unpaired) electrons. The van der Waals surface area contributed by atoms with Crippen LogP contribution in [0.15, 0.2) is 28.9 Å². The molecule has 0 aliphatic carbocycles. The highest BCUT2D eigenvalue weighted by atomic mass is 16.3. The zero-order valence-electron chi connectivity index (χ0n) is 8.45. The topological polar surface area (TPSA) is 33.4 Å². The van der Waals surface area contributed by atoms with Crippen LogP contribution in [0.4, 0.5) is 0 Å². The quantitative estimate of drug-likeness (QED) is 0.790. The van der Waals surface area contributed by atoms with Crippen LogP contribution in [-0.4, -0.2) is 11.7 Å². The fourth-order valence-corrected chi connectivity index (χ4v) is 1.76. The highest BCUT2D eigenvalue weighted by Gasteiger charge is 2.13. The second-order valence-corrected chi connectivity index (χ2v) is 3.72. The predicted molar refractivity (Wildman–Crippen MR) is 56.5 cm³/mol. The van der Waals surface area contributed by atoms with Crippen LogP contribution in [0, 0.1) is 6.92 Å². The smallest absolute Gasteiger partial charge is 0.134 e. The molecule has 1 N–H and O–H groups in total. The molecule has 0 aliphatic heterocycles. The fourth-order valence-electron chi connectivity index (χ4n) is 1.76. The number of aliphatic hydroxyl groups excluding tert-OH is 1. The standard InChI is InChI=1S/C12H14O2/c1-8-4-3-5-11-12(8)10(7-14-11)9(2)6-13/h3-5,7,9,13H,6H2,1-2H3. The number of furan rings is 1. The summed E-state index contributed by atoms with van der Waals surface area (Å²) in [4.78, 5) is 0. The van der Waals surface area contributed by atoms with Gasteiger partial charge in [-0.25, -0.2) is 0 Å². The summed E-state index contributed by atoms with van der Waals surface area (Å²) in [6.07, 6.45) is 1.75. The van der Waals surface area contributed by atoms with E-state index in [4.69, 9.17) is 9.52 Å². The van der Waals surface area contributed by atoms with Gasteiger partial charge in [-0.3, -0.25) is 0 Å². The molecule has 1 heterocycles. The van der Waals surface area contributed by atoms with E-state index in [9.17, 15) is 0 Å². The molecule has 1 aromatic heterocycles. The van der Waals surface area contributed by atoms with Gasteiger partial charge in [0.1, 0.15) is 5.58 Å². The highest BCUT2D eigenvalue weighted by molar-refractivity contribution is 5.84. The van der Waals surface area contributed by atoms with Gasteiger partial charge >= 0.3 is 0 Å². The number of rotatable bonds is 2. The van der Waals surface area contributed by atoms with Gasteiger partial charge in [-0.15, -0.1) is 0 Å². The molecule has 0 saturated heterocycles. The second-order valence-electron chi connectivity index (χ2n) is 3.72. The molecule has 0 amide bonds. The molecule has 1 unspecified atom stereocenters. The summed E-state index contributed by atoms with van der Waals surface area (Å²) in [5, 5.41) is 10.3. The van der Waals surface area contributed by atoms with Crippen molar-refractivity contribution in [2.75, 3.05) is 6.61 Å². The van der Waals surface area contributed by atoms with Gasteiger partial charge in [0.15, 0.2) is 0 Å². The summed E-state index contributed by atoms with van der Waals surface area (Å²) in [5.74, 6) is 0.136. The lowest BCUT2D eigenvalue weighted by Gasteiger charge is -2.05. The van der Waals surface area contributed by atoms with Gasteiger partial charge in [-0.1, -0.05) is 19.1 Å². The third-order valence-corrected chi connectivity index (χ3v) is 2.64. The zero-order chi connectivity index (χ0) is 10.1. The number of fused-ring (bicyclic) bond motifs is 1. The molecule has 0 saturated carbocycles. The van der Waals surface area contributed by atoms with E-state index in [-0.39, 0.29) is 12.5 Å². The van der Waals surface area contributed by atoms with Crippen molar-refractivity contribution >= 4 is 11.0 Å². The van der Waals surface area contributed by atoms with Crippen molar-refractivity contribution in [2.24, 2.45) is 0 Å². The number of aliphatic hydroxyl groups is 1. The van der Waals surface area contributed by atoms with E-state index >= 15 is 0 Å². The first-order valence-corrected chi connectivity index (χ1v) is 4.81. The molecule has 1 aromatic carbocycles. The van der Waals surface area contributed by atoms with Crippen molar-refractivity contribution in [2.45, 2.75) is 19.8 Å². The molecule has 0 aliphatic rings. The minimum Gasteiger partial charge on any atom is -0.464 e. The van der Waals surface area contributed by atoms with Crippen LogP contribution in [0.5, 0.6) is 0 Å². The monoisotopic (exact) mass is 190 g/mol. The first kappa shape index (κ1) is 9.28. The van der Waals surface area contributed by atoms with E-state index in [2.05, 4.69) is 13.0 Å². The van der Waals surface area contributed by atoms with Gasteiger partial charge in [-0.05, 0) is 18.6 Å². The van der Waals surface area contributed by atoms with Crippen LogP contribution < -0.4 is 0 Å². The van der Waals surface area contributed by atoms with Crippen LogP contribution in [0.2, 0.25) is 0 Å². The van der Waals surface area contributed by atoms with Crippen molar-refractivity contribution in [1.82, 2.24) is 0 Å². The van der Waals surface area contributed by atoms with Gasteiger partial charge in [0.25, 0.3) is 0 Å². The van der Waals surface area contributed by atoms with E-state index < -0.39 is 0 Å². The van der Waals surface area contributed by atoms with Gasteiger partial charge in [0, 0.05) is 23.5 Å². The Balaban J connectivity index is 2.67. The molecule has 14 heavy (non-hydrogen) atoms. The van der Waals surface area contributed by atoms with Crippen LogP contribution >= 0.6 is 0 Å². The minimum absolute atomic E-state index is 0.136. The maximum absolute atomic E-state index is 9.12. The Hall–Kier alpha value is -1.28. The Labute approximate surface area is 83.2 Å². The molecule has 1 atom stereocenters. The van der Waals surface area contributed by atoms with Gasteiger partial charge in [-0.2, -0.15) is 0 Å². The Morgan fingerprint density at radius 1 is 1.43 bits per heavy atom. The van der Waals surface area contributed by atoms with E-state index in [0.717, 1.165) is 16.5 Å². The molecular formula is C12H14O2. The highest BCUT2D eigenvalue weighted by Crippen LogP contribution is 2.29. The van der Waals surface area contributed by atoms with Crippen LogP contribution in [-0.2, 0) is 0 Å². The second kappa shape index (κ2) is 3.46. The maximum Gasteiger partial charge on any atom is 0.134 e. The number of aryl methyl sites for hydroxylation is 1. The van der Waals surface area contributed by atoms with E-state index in [1.165, 1.54) is 5.56 Å². The van der Waals surface area contributed by atoms with Gasteiger partial charge in [0.05, 0.1) is 6.26 Å². The SMILES string of the molecule is Cc1cccc2occ(C(C)CO)c12. The largest absolute Gasteiger partial charge is 0.464 e. The van der Waals surface area contributed by atoms with Crippen LogP contribution in [0.1, 0.15) is 24.0 Å². The lowest BCUT2D eigenvalue weighted by Crippen LogP contribution is -1.97. The molecule has 0 bridgehead atoms. The number of hydrogen-bond acceptors (Lipinski definition) is 2. The summed E-state index contributed by atoms with van der Waals surface area (Å²) < 4.78 is 5.44. The summed E-state index contributed by atoms with van der Waals surface area (Å²) >= 11 is 0. The first-order chi connectivity index (χ1) is 6.74. The summed E-state index contributed by atoms with van der Waals surface area (Å²) in [6.45, 7) is 4.21. The van der Waals surface area contributed by atoms with Crippen molar-refractivity contribution in [3.8, 4) is 0 Å². The minimum atomic E-state index is 0.136. The third-order valence-electron chi connectivity index (χ3n) is 2.64. The third kappa shape index (κ3) is 1.32. The lowest BCUT2D eigenvalue weighted by atomic mass is 9.99. The van der Waals surface area contributed by atoms with E-state index in [0.29, 0.717) is 0 Å². The molecule has 2 nitrogen and oxygen atoms in total. The van der Waals surface area contributed by atoms with Gasteiger partial charge in [0.2, 0.25) is 0 Å². The molecule has 2 aromatic rings. The molecule has 0 fully saturated rings. The summed E-state index contributed by atoms with van der Waals surface area (Å²) in [5.41, 5.74) is 3.20. The maximum atomic E-state index is 9.12. The number of hydrogen-bond donors (Lipinski definition) is 1. The van der Waals surface area contributed by atoms with Crippen molar-refractivity contribution in [3.63, 3.8) is 0 Å². The van der Waals surface area contributed by atoms with E-state index in [1.807, 2.05) is 19.1 Å². The first-order valence-electron chi connectivity index (χ1n) is 4.81. The lowest BCUT2D eigenvalue weighted by molar-refractivity contribution is 0.273. The summed E-state index contributed by atoms with van der Waals surface area (Å²) in [7, 11) is 0. The average Bonchev–Trinajstić information content (AvgIpc) is 2.62. The van der Waals surface area contributed by atoms with Crippen molar-refractivity contribution in [3.05, 3.63) is 35.6 Å². The Kier molecular flexibility index (Phi) is 2.30. The van der Waals surface area contributed by atoms with Crippen LogP contribution in [0.25, 0.3) is 11.0 Å². The van der Waals surface area contributed by atoms with Gasteiger partial charge < -0.3 is 9.52 Å². The van der Waals surface area contributed by atoms with Crippen LogP contribution in [0.3, 0.4) is 0 Å². The summed E-state index contributed by atoms with van der Waals surface area (Å²) in [6, 6.07) is 6.00. The zero-order valence-corrected chi connectivity index (χ0v) is 8.45. The Bertz CT molecular complexity index is 443. The normalized spacial score (nSPS) is 13.4. The van der Waals surface area contributed by atoms with Crippen molar-refractivity contribution < 1.29 is 9.52 Å². The Morgan fingerprint density at radius 2 is 2.21 bits per heavy atom. The molecule has 74 valence electrons. The Morgan fingerprint density at radius 3 is 2.93 bits per heavy atom. The van der Waals surface area contributed by atoms with Crippen molar-refractivity contribution in [1.29, 1.82) is 0 Å². The molecule has 0 spiro atoms. The average molecular weight is 190 g/mol. The fraction of sp³-hybridized carbons (Fsp3) is 0.333. The number of benzene rings is 1.